The molecule has 102 valence electrons. The van der Waals surface area contributed by atoms with Crippen LogP contribution in [0.2, 0.25) is 0 Å². The topological polar surface area (TPSA) is 53.1 Å². The lowest BCUT2D eigenvalue weighted by atomic mass is 9.99. The van der Waals surface area contributed by atoms with Gasteiger partial charge in [0.05, 0.1) is 18.4 Å². The number of nitrogens with zero attached hydrogens (tertiary/aromatic N) is 2. The maximum absolute atomic E-state index is 13.8. The van der Waals surface area contributed by atoms with E-state index in [4.69, 9.17) is 10.5 Å². The van der Waals surface area contributed by atoms with Gasteiger partial charge < -0.3 is 10.5 Å². The molecule has 0 radical (unpaired) electrons. The molecule has 19 heavy (non-hydrogen) atoms. The average molecular weight is 267 g/mol. The van der Waals surface area contributed by atoms with Crippen molar-refractivity contribution in [2.45, 2.75) is 12.8 Å². The quantitative estimate of drug-likeness (QED) is 0.930. The fraction of sp³-hybridized carbons (Fsp3) is 0.308. The maximum Gasteiger partial charge on any atom is 0.274 e. The molecule has 0 aliphatic heterocycles. The molecule has 2 N–H and O–H groups in total. The lowest BCUT2D eigenvalue weighted by Crippen LogP contribution is -2.11. The van der Waals surface area contributed by atoms with Gasteiger partial charge in [0.1, 0.15) is 11.6 Å². The van der Waals surface area contributed by atoms with Crippen molar-refractivity contribution < 1.29 is 13.5 Å². The van der Waals surface area contributed by atoms with E-state index in [2.05, 4.69) is 5.10 Å². The van der Waals surface area contributed by atoms with Gasteiger partial charge in [-0.2, -0.15) is 5.10 Å². The Labute approximate surface area is 109 Å². The summed E-state index contributed by atoms with van der Waals surface area (Å²) in [6.07, 6.45) is 0. The van der Waals surface area contributed by atoms with E-state index in [9.17, 15) is 8.78 Å². The zero-order valence-electron chi connectivity index (χ0n) is 10.9. The highest BCUT2D eigenvalue weighted by molar-refractivity contribution is 5.70. The highest BCUT2D eigenvalue weighted by Gasteiger charge is 2.32. The van der Waals surface area contributed by atoms with Gasteiger partial charge in [-0.25, -0.2) is 8.78 Å². The zero-order chi connectivity index (χ0) is 14.2. The largest absolute Gasteiger partial charge is 0.496 e. The predicted octanol–water partition coefficient (Wildman–Crippen LogP) is 2.79. The first-order valence-electron chi connectivity index (χ1n) is 5.69. The normalized spacial score (nSPS) is 11.6. The molecular weight excluding hydrogens is 252 g/mol. The predicted molar refractivity (Wildman–Crippen MR) is 69.2 cm³/mol. The van der Waals surface area contributed by atoms with Crippen molar-refractivity contribution in [1.82, 2.24) is 9.78 Å². The van der Waals surface area contributed by atoms with E-state index in [-0.39, 0.29) is 11.3 Å². The molecule has 2 aromatic rings. The lowest BCUT2D eigenvalue weighted by Gasteiger charge is -2.18. The number of nitrogens with two attached hydrogens (primary N) is 1. The molecule has 0 amide bonds. The molecule has 0 fully saturated rings. The Kier molecular flexibility index (Phi) is 3.18. The lowest BCUT2D eigenvalue weighted by molar-refractivity contribution is 0.0157. The van der Waals surface area contributed by atoms with E-state index >= 15 is 0 Å². The number of aromatic nitrogens is 2. The van der Waals surface area contributed by atoms with Crippen LogP contribution in [-0.4, -0.2) is 16.9 Å². The number of hydrogen-bond acceptors (Lipinski definition) is 3. The minimum Gasteiger partial charge on any atom is -0.496 e. The van der Waals surface area contributed by atoms with Gasteiger partial charge in [-0.3, -0.25) is 4.68 Å². The number of alkyl halides is 2. The Morgan fingerprint density at radius 1 is 1.37 bits per heavy atom. The number of methoxy groups -OCH3 is 1. The van der Waals surface area contributed by atoms with E-state index in [0.29, 0.717) is 17.1 Å². The number of benzene rings is 1. The molecule has 0 saturated carbocycles. The minimum atomic E-state index is -3.03. The number of ether oxygens (including phenoxy) is 1. The first-order chi connectivity index (χ1) is 8.84. The number of anilines is 1. The second-order valence-electron chi connectivity index (χ2n) is 4.35. The van der Waals surface area contributed by atoms with Gasteiger partial charge in [-0.05, 0) is 6.07 Å². The number of halogens is 2. The second-order valence-corrected chi connectivity index (χ2v) is 4.35. The summed E-state index contributed by atoms with van der Waals surface area (Å²) in [5, 5.41) is 4.13. The number of aryl methyl sites for hydroxylation is 1. The van der Waals surface area contributed by atoms with Crippen molar-refractivity contribution in [2.24, 2.45) is 7.05 Å². The van der Waals surface area contributed by atoms with Gasteiger partial charge in [0.25, 0.3) is 5.92 Å². The van der Waals surface area contributed by atoms with Crippen LogP contribution in [0.1, 0.15) is 12.5 Å². The van der Waals surface area contributed by atoms with Gasteiger partial charge in [-0.1, -0.05) is 12.1 Å². The SMILES string of the molecule is COc1cccc(-c2cc(N)n(C)n2)c1C(C)(F)F. The molecule has 0 atom stereocenters. The van der Waals surface area contributed by atoms with Gasteiger partial charge in [0.15, 0.2) is 0 Å². The highest BCUT2D eigenvalue weighted by Crippen LogP contribution is 2.41. The summed E-state index contributed by atoms with van der Waals surface area (Å²) in [7, 11) is 3.02. The standard InChI is InChI=1S/C13H15F2N3O/c1-13(14,15)12-8(5-4-6-10(12)19-3)9-7-11(16)18(2)17-9/h4-7H,16H2,1-3H3. The van der Waals surface area contributed by atoms with Crippen molar-refractivity contribution in [2.75, 3.05) is 12.8 Å². The molecule has 1 aromatic heterocycles. The molecule has 2 rings (SSSR count). The number of hydrogen-bond donors (Lipinski definition) is 1. The van der Waals surface area contributed by atoms with Crippen LogP contribution in [0.25, 0.3) is 11.3 Å². The summed E-state index contributed by atoms with van der Waals surface area (Å²) < 4.78 is 34.1. The molecule has 0 aliphatic rings. The van der Waals surface area contributed by atoms with Crippen LogP contribution in [0.3, 0.4) is 0 Å². The van der Waals surface area contributed by atoms with Crippen LogP contribution >= 0.6 is 0 Å². The Morgan fingerprint density at radius 2 is 2.05 bits per heavy atom. The van der Waals surface area contributed by atoms with E-state index in [1.165, 1.54) is 17.9 Å². The van der Waals surface area contributed by atoms with Crippen LogP contribution in [0.4, 0.5) is 14.6 Å². The minimum absolute atomic E-state index is 0.134. The van der Waals surface area contributed by atoms with Crippen molar-refractivity contribution in [3.05, 3.63) is 29.8 Å². The Hall–Kier alpha value is -2.11. The van der Waals surface area contributed by atoms with Crippen LogP contribution in [0.5, 0.6) is 5.75 Å². The highest BCUT2D eigenvalue weighted by atomic mass is 19.3. The first-order valence-corrected chi connectivity index (χ1v) is 5.69. The number of rotatable bonds is 3. The molecule has 0 saturated heterocycles. The van der Waals surface area contributed by atoms with Crippen LogP contribution in [0, 0.1) is 0 Å². The molecule has 1 heterocycles. The van der Waals surface area contributed by atoms with E-state index < -0.39 is 5.92 Å². The molecule has 0 aliphatic carbocycles. The summed E-state index contributed by atoms with van der Waals surface area (Å²) in [4.78, 5) is 0. The summed E-state index contributed by atoms with van der Waals surface area (Å²) in [5.41, 5.74) is 6.22. The Morgan fingerprint density at radius 3 is 2.53 bits per heavy atom. The van der Waals surface area contributed by atoms with Crippen LogP contribution in [0.15, 0.2) is 24.3 Å². The third-order valence-electron chi connectivity index (χ3n) is 2.88. The van der Waals surface area contributed by atoms with Gasteiger partial charge in [0, 0.05) is 25.6 Å². The van der Waals surface area contributed by atoms with Gasteiger partial charge in [-0.15, -0.1) is 0 Å². The smallest absolute Gasteiger partial charge is 0.274 e. The Balaban J connectivity index is 2.69. The maximum atomic E-state index is 13.8. The average Bonchev–Trinajstić information content (AvgIpc) is 2.67. The van der Waals surface area contributed by atoms with Gasteiger partial charge in [0.2, 0.25) is 0 Å². The third kappa shape index (κ3) is 2.38. The number of nitrogen functional groups attached to an aromatic ring is 1. The summed E-state index contributed by atoms with van der Waals surface area (Å²) in [6.45, 7) is 0.834. The van der Waals surface area contributed by atoms with E-state index in [1.807, 2.05) is 0 Å². The van der Waals surface area contributed by atoms with Crippen molar-refractivity contribution in [1.29, 1.82) is 0 Å². The monoisotopic (exact) mass is 267 g/mol. The van der Waals surface area contributed by atoms with Crippen LogP contribution in [-0.2, 0) is 13.0 Å². The molecule has 6 heteroatoms. The van der Waals surface area contributed by atoms with E-state index in [0.717, 1.165) is 6.92 Å². The molecule has 0 bridgehead atoms. The van der Waals surface area contributed by atoms with Crippen molar-refractivity contribution in [3.63, 3.8) is 0 Å². The summed E-state index contributed by atoms with van der Waals surface area (Å²) in [6, 6.07) is 6.29. The zero-order valence-corrected chi connectivity index (χ0v) is 10.9. The molecule has 4 nitrogen and oxygen atoms in total. The fourth-order valence-electron chi connectivity index (χ4n) is 1.98. The first kappa shape index (κ1) is 13.3. The molecule has 1 aromatic carbocycles. The Bertz CT molecular complexity index is 583. The van der Waals surface area contributed by atoms with E-state index in [1.54, 1.807) is 25.2 Å². The third-order valence-corrected chi connectivity index (χ3v) is 2.88. The fourth-order valence-corrected chi connectivity index (χ4v) is 1.98. The van der Waals surface area contributed by atoms with Crippen molar-refractivity contribution in [3.8, 4) is 17.0 Å². The second kappa shape index (κ2) is 4.53. The van der Waals surface area contributed by atoms with Crippen LogP contribution < -0.4 is 10.5 Å². The molecule has 0 unspecified atom stereocenters. The van der Waals surface area contributed by atoms with Gasteiger partial charge >= 0.3 is 0 Å². The molecule has 0 spiro atoms. The summed E-state index contributed by atoms with van der Waals surface area (Å²) >= 11 is 0. The summed E-state index contributed by atoms with van der Waals surface area (Å²) in [5.74, 6) is -2.49. The van der Waals surface area contributed by atoms with Crippen molar-refractivity contribution >= 4 is 5.82 Å². The molecular formula is C13H15F2N3O.